The summed E-state index contributed by atoms with van der Waals surface area (Å²) >= 11 is 1.72. The zero-order chi connectivity index (χ0) is 12.5. The minimum atomic E-state index is -0.842. The Hall–Kier alpha value is -1.76. The number of carbonyl (C=O) groups is 1. The van der Waals surface area contributed by atoms with Crippen LogP contribution in [0.1, 0.15) is 23.3 Å². The standard InChI is InChI=1S/C11H12N4O2S/c16-10(17)4-5-15-11(12-13-14-15)9-6-7-2-1-3-8(7)18-9/h6H,1-5H2,(H,16,17). The smallest absolute Gasteiger partial charge is 0.305 e. The zero-order valence-electron chi connectivity index (χ0n) is 9.67. The molecule has 1 N–H and O–H groups in total. The van der Waals surface area contributed by atoms with E-state index in [-0.39, 0.29) is 6.42 Å². The zero-order valence-corrected chi connectivity index (χ0v) is 10.5. The van der Waals surface area contributed by atoms with Gasteiger partial charge in [-0.3, -0.25) is 4.79 Å². The summed E-state index contributed by atoms with van der Waals surface area (Å²) < 4.78 is 1.56. The van der Waals surface area contributed by atoms with Gasteiger partial charge < -0.3 is 5.11 Å². The van der Waals surface area contributed by atoms with Gasteiger partial charge in [-0.1, -0.05) is 0 Å². The summed E-state index contributed by atoms with van der Waals surface area (Å²) in [4.78, 5) is 13.0. The molecular formula is C11H12N4O2S. The highest BCUT2D eigenvalue weighted by molar-refractivity contribution is 7.15. The molecule has 6 nitrogen and oxygen atoms in total. The van der Waals surface area contributed by atoms with Crippen LogP contribution in [0.3, 0.4) is 0 Å². The minimum absolute atomic E-state index is 0.0309. The van der Waals surface area contributed by atoms with E-state index < -0.39 is 5.97 Å². The van der Waals surface area contributed by atoms with Gasteiger partial charge in [0.25, 0.3) is 0 Å². The number of fused-ring (bicyclic) bond motifs is 1. The summed E-state index contributed by atoms with van der Waals surface area (Å²) in [5, 5.41) is 20.2. The molecule has 0 unspecified atom stereocenters. The molecule has 2 aromatic rings. The molecule has 2 aromatic heterocycles. The molecule has 0 bridgehead atoms. The Kier molecular flexibility index (Phi) is 2.83. The van der Waals surface area contributed by atoms with Crippen LogP contribution in [0.2, 0.25) is 0 Å². The van der Waals surface area contributed by atoms with Crippen molar-refractivity contribution in [2.45, 2.75) is 32.2 Å². The van der Waals surface area contributed by atoms with Crippen molar-refractivity contribution in [3.63, 3.8) is 0 Å². The van der Waals surface area contributed by atoms with Crippen LogP contribution in [0.25, 0.3) is 10.7 Å². The number of aromatic nitrogens is 4. The molecule has 0 saturated carbocycles. The fourth-order valence-electron chi connectivity index (χ4n) is 2.17. The van der Waals surface area contributed by atoms with E-state index in [0.29, 0.717) is 12.4 Å². The van der Waals surface area contributed by atoms with Crippen molar-refractivity contribution in [3.8, 4) is 10.7 Å². The number of aryl methyl sites for hydroxylation is 3. The van der Waals surface area contributed by atoms with Crippen LogP contribution in [0.5, 0.6) is 0 Å². The maximum Gasteiger partial charge on any atom is 0.305 e. The van der Waals surface area contributed by atoms with Gasteiger partial charge >= 0.3 is 5.97 Å². The second-order valence-corrected chi connectivity index (χ2v) is 5.42. The number of rotatable bonds is 4. The summed E-state index contributed by atoms with van der Waals surface area (Å²) in [5.41, 5.74) is 1.39. The molecule has 7 heteroatoms. The first kappa shape index (κ1) is 11.3. The second-order valence-electron chi connectivity index (χ2n) is 4.28. The van der Waals surface area contributed by atoms with Gasteiger partial charge in [0.15, 0.2) is 5.82 Å². The van der Waals surface area contributed by atoms with Crippen LogP contribution < -0.4 is 0 Å². The van der Waals surface area contributed by atoms with E-state index in [0.717, 1.165) is 17.7 Å². The molecule has 1 aliphatic rings. The van der Waals surface area contributed by atoms with Crippen molar-refractivity contribution in [2.24, 2.45) is 0 Å². The van der Waals surface area contributed by atoms with Crippen LogP contribution in [0, 0.1) is 0 Å². The average Bonchev–Trinajstić information content (AvgIpc) is 3.00. The third-order valence-electron chi connectivity index (χ3n) is 3.04. The van der Waals surface area contributed by atoms with Crippen molar-refractivity contribution in [2.75, 3.05) is 0 Å². The molecule has 18 heavy (non-hydrogen) atoms. The third kappa shape index (κ3) is 2.01. The van der Waals surface area contributed by atoms with Gasteiger partial charge in [-0.15, -0.1) is 16.4 Å². The van der Waals surface area contributed by atoms with E-state index in [2.05, 4.69) is 21.6 Å². The highest BCUT2D eigenvalue weighted by atomic mass is 32.1. The Morgan fingerprint density at radius 1 is 1.50 bits per heavy atom. The number of hydrogen-bond acceptors (Lipinski definition) is 5. The first-order valence-electron chi connectivity index (χ1n) is 5.84. The lowest BCUT2D eigenvalue weighted by Gasteiger charge is -2.00. The van der Waals surface area contributed by atoms with Gasteiger partial charge in [0.2, 0.25) is 0 Å². The lowest BCUT2D eigenvalue weighted by molar-refractivity contribution is -0.137. The van der Waals surface area contributed by atoms with E-state index in [1.807, 2.05) is 0 Å². The molecule has 2 heterocycles. The molecule has 1 aliphatic carbocycles. The largest absolute Gasteiger partial charge is 0.481 e. The third-order valence-corrected chi connectivity index (χ3v) is 4.27. The maximum absolute atomic E-state index is 10.6. The monoisotopic (exact) mass is 264 g/mol. The fraction of sp³-hybridized carbons (Fsp3) is 0.455. The predicted octanol–water partition coefficient (Wildman–Crippen LogP) is 1.36. The fourth-order valence-corrected chi connectivity index (χ4v) is 3.42. The van der Waals surface area contributed by atoms with Crippen molar-refractivity contribution in [1.82, 2.24) is 20.2 Å². The Morgan fingerprint density at radius 3 is 3.17 bits per heavy atom. The molecular weight excluding hydrogens is 252 g/mol. The Balaban J connectivity index is 1.87. The number of carboxylic acid groups (broad SMARTS) is 1. The highest BCUT2D eigenvalue weighted by Crippen LogP contribution is 2.35. The molecule has 94 valence electrons. The van der Waals surface area contributed by atoms with Crippen molar-refractivity contribution in [3.05, 3.63) is 16.5 Å². The summed E-state index contributed by atoms with van der Waals surface area (Å²) in [6.07, 6.45) is 3.52. The molecule has 0 amide bonds. The van der Waals surface area contributed by atoms with Gasteiger partial charge in [0.05, 0.1) is 17.8 Å². The van der Waals surface area contributed by atoms with Crippen LogP contribution >= 0.6 is 11.3 Å². The first-order valence-corrected chi connectivity index (χ1v) is 6.65. The number of aliphatic carboxylic acids is 1. The molecule has 0 aromatic carbocycles. The van der Waals surface area contributed by atoms with Crippen LogP contribution in [0.15, 0.2) is 6.07 Å². The maximum atomic E-state index is 10.6. The molecule has 0 spiro atoms. The molecule has 3 rings (SSSR count). The van der Waals surface area contributed by atoms with Gasteiger partial charge in [0.1, 0.15) is 0 Å². The Labute approximate surface area is 107 Å². The normalized spacial score (nSPS) is 13.8. The lowest BCUT2D eigenvalue weighted by atomic mass is 10.2. The van der Waals surface area contributed by atoms with Gasteiger partial charge in [-0.05, 0) is 41.3 Å². The molecule has 0 saturated heterocycles. The SMILES string of the molecule is O=C(O)CCn1nnnc1-c1cc2c(s1)CCC2. The van der Waals surface area contributed by atoms with Gasteiger partial charge in [-0.2, -0.15) is 0 Å². The van der Waals surface area contributed by atoms with E-state index in [1.54, 1.807) is 16.0 Å². The van der Waals surface area contributed by atoms with Crippen LogP contribution in [0.4, 0.5) is 0 Å². The van der Waals surface area contributed by atoms with E-state index >= 15 is 0 Å². The van der Waals surface area contributed by atoms with Crippen molar-refractivity contribution >= 4 is 17.3 Å². The summed E-state index contributed by atoms with van der Waals surface area (Å²) in [6, 6.07) is 2.13. The number of nitrogens with zero attached hydrogens (tertiary/aromatic N) is 4. The van der Waals surface area contributed by atoms with E-state index in [9.17, 15) is 4.79 Å². The van der Waals surface area contributed by atoms with Crippen LogP contribution in [-0.4, -0.2) is 31.3 Å². The average molecular weight is 264 g/mol. The number of carboxylic acids is 1. The lowest BCUT2D eigenvalue weighted by Crippen LogP contribution is -2.07. The van der Waals surface area contributed by atoms with E-state index in [4.69, 9.17) is 5.11 Å². The summed E-state index contributed by atoms with van der Waals surface area (Å²) in [6.45, 7) is 0.306. The first-order chi connectivity index (χ1) is 8.74. The van der Waals surface area contributed by atoms with Crippen molar-refractivity contribution in [1.29, 1.82) is 0 Å². The predicted molar refractivity (Wildman–Crippen MR) is 65.4 cm³/mol. The Morgan fingerprint density at radius 2 is 2.39 bits per heavy atom. The second kappa shape index (κ2) is 4.49. The van der Waals surface area contributed by atoms with Crippen LogP contribution in [-0.2, 0) is 24.2 Å². The van der Waals surface area contributed by atoms with E-state index in [1.165, 1.54) is 16.9 Å². The topological polar surface area (TPSA) is 80.9 Å². The van der Waals surface area contributed by atoms with Crippen molar-refractivity contribution < 1.29 is 9.90 Å². The number of tetrazole rings is 1. The summed E-state index contributed by atoms with van der Waals surface area (Å²) in [7, 11) is 0. The highest BCUT2D eigenvalue weighted by Gasteiger charge is 2.19. The molecule has 0 aliphatic heterocycles. The quantitative estimate of drug-likeness (QED) is 0.901. The number of thiophene rings is 1. The van der Waals surface area contributed by atoms with Gasteiger partial charge in [-0.25, -0.2) is 4.68 Å². The molecule has 0 radical (unpaired) electrons. The number of hydrogen-bond donors (Lipinski definition) is 1. The van der Waals surface area contributed by atoms with Gasteiger partial charge in [0, 0.05) is 4.88 Å². The minimum Gasteiger partial charge on any atom is -0.481 e. The molecule has 0 fully saturated rings. The molecule has 0 atom stereocenters. The Bertz CT molecular complexity index is 568. The summed E-state index contributed by atoms with van der Waals surface area (Å²) in [5.74, 6) is -0.166.